The van der Waals surface area contributed by atoms with Crippen LogP contribution in [0.3, 0.4) is 0 Å². The third kappa shape index (κ3) is 6.38. The highest BCUT2D eigenvalue weighted by Crippen LogP contribution is 2.26. The number of rotatable bonds is 5. The second kappa shape index (κ2) is 10.3. The molecule has 1 aromatic carbocycles. The van der Waals surface area contributed by atoms with Crippen LogP contribution in [0.4, 0.5) is 4.79 Å². The van der Waals surface area contributed by atoms with E-state index in [2.05, 4.69) is 0 Å². The Morgan fingerprint density at radius 3 is 2.00 bits per heavy atom. The van der Waals surface area contributed by atoms with E-state index in [1.807, 2.05) is 27.7 Å². The van der Waals surface area contributed by atoms with Crippen LogP contribution in [0, 0.1) is 5.92 Å². The highest BCUT2D eigenvalue weighted by atomic mass is 32.2. The van der Waals surface area contributed by atoms with Gasteiger partial charge in [0.1, 0.15) is 11.4 Å². The second-order valence-electron chi connectivity index (χ2n) is 9.38. The molecule has 0 unspecified atom stereocenters. The van der Waals surface area contributed by atoms with Gasteiger partial charge in [0.15, 0.2) is 0 Å². The smallest absolute Gasteiger partial charge is 0.410 e. The van der Waals surface area contributed by atoms with Crippen molar-refractivity contribution in [1.29, 1.82) is 0 Å². The van der Waals surface area contributed by atoms with Crippen LogP contribution in [0.25, 0.3) is 0 Å². The van der Waals surface area contributed by atoms with Gasteiger partial charge < -0.3 is 19.3 Å². The summed E-state index contributed by atoms with van der Waals surface area (Å²) in [5.41, 5.74) is -0.552. The van der Waals surface area contributed by atoms with Crippen molar-refractivity contribution < 1.29 is 27.5 Å². The van der Waals surface area contributed by atoms with E-state index in [1.165, 1.54) is 4.31 Å². The summed E-state index contributed by atoms with van der Waals surface area (Å²) < 4.78 is 38.2. The first-order valence-corrected chi connectivity index (χ1v) is 12.9. The zero-order valence-electron chi connectivity index (χ0n) is 20.0. The Labute approximate surface area is 196 Å². The highest BCUT2D eigenvalue weighted by Gasteiger charge is 2.35. The average Bonchev–Trinajstić information content (AvgIpc) is 2.78. The van der Waals surface area contributed by atoms with Gasteiger partial charge in [0.05, 0.1) is 11.5 Å². The molecule has 2 fully saturated rings. The molecule has 0 N–H and O–H groups in total. The van der Waals surface area contributed by atoms with E-state index in [4.69, 9.17) is 9.47 Å². The molecule has 0 saturated carbocycles. The van der Waals surface area contributed by atoms with Crippen molar-refractivity contribution in [3.05, 3.63) is 24.3 Å². The molecule has 1 aromatic rings. The van der Waals surface area contributed by atoms with Crippen molar-refractivity contribution in [2.45, 2.75) is 51.0 Å². The maximum Gasteiger partial charge on any atom is 0.410 e. The quantitative estimate of drug-likeness (QED) is 0.641. The monoisotopic (exact) mass is 481 g/mol. The van der Waals surface area contributed by atoms with Crippen LogP contribution in [0.1, 0.15) is 40.5 Å². The van der Waals surface area contributed by atoms with E-state index in [-0.39, 0.29) is 22.8 Å². The SMILES string of the molecule is CCOc1ccc(S(=O)(=O)N2CCC(C(=O)N3CCN(C(=O)OC(C)(C)C)CC3)CC2)cc1. The lowest BCUT2D eigenvalue weighted by Crippen LogP contribution is -2.53. The Bertz CT molecular complexity index is 926. The first-order valence-electron chi connectivity index (χ1n) is 11.5. The molecule has 2 amide bonds. The van der Waals surface area contributed by atoms with Crippen LogP contribution in [0.15, 0.2) is 29.2 Å². The largest absolute Gasteiger partial charge is 0.494 e. The fraction of sp³-hybridized carbons (Fsp3) is 0.652. The summed E-state index contributed by atoms with van der Waals surface area (Å²) in [4.78, 5) is 28.9. The molecule has 0 spiro atoms. The number of carbonyl (C=O) groups is 2. The van der Waals surface area contributed by atoms with Crippen molar-refractivity contribution in [3.8, 4) is 5.75 Å². The molecular formula is C23H35N3O6S. The Hall–Kier alpha value is -2.33. The van der Waals surface area contributed by atoms with Crippen molar-refractivity contribution >= 4 is 22.0 Å². The summed E-state index contributed by atoms with van der Waals surface area (Å²) in [6, 6.07) is 6.43. The number of sulfonamides is 1. The summed E-state index contributed by atoms with van der Waals surface area (Å²) in [6.45, 7) is 10.3. The number of hydrogen-bond acceptors (Lipinski definition) is 6. The Morgan fingerprint density at radius 2 is 1.48 bits per heavy atom. The third-order valence-corrected chi connectivity index (χ3v) is 7.73. The zero-order valence-corrected chi connectivity index (χ0v) is 20.8. The summed E-state index contributed by atoms with van der Waals surface area (Å²) in [6.07, 6.45) is 0.616. The zero-order chi connectivity index (χ0) is 24.2. The Balaban J connectivity index is 1.50. The number of ether oxygens (including phenoxy) is 2. The van der Waals surface area contributed by atoms with E-state index in [0.717, 1.165) is 0 Å². The average molecular weight is 482 g/mol. The molecule has 2 aliphatic heterocycles. The number of hydrogen-bond donors (Lipinski definition) is 0. The number of nitrogens with zero attached hydrogens (tertiary/aromatic N) is 3. The normalized spacial score (nSPS) is 18.8. The molecule has 2 heterocycles. The van der Waals surface area contributed by atoms with Crippen molar-refractivity contribution in [1.82, 2.24) is 14.1 Å². The van der Waals surface area contributed by atoms with Crippen LogP contribution in [-0.4, -0.2) is 86.0 Å². The van der Waals surface area contributed by atoms with Crippen LogP contribution in [0.5, 0.6) is 5.75 Å². The van der Waals surface area contributed by atoms with Gasteiger partial charge in [0, 0.05) is 45.2 Å². The van der Waals surface area contributed by atoms with Crippen molar-refractivity contribution in [2.24, 2.45) is 5.92 Å². The minimum Gasteiger partial charge on any atom is -0.494 e. The predicted molar refractivity (Wildman–Crippen MR) is 123 cm³/mol. The van der Waals surface area contributed by atoms with E-state index in [0.29, 0.717) is 64.5 Å². The lowest BCUT2D eigenvalue weighted by molar-refractivity contribution is -0.138. The van der Waals surface area contributed by atoms with Crippen molar-refractivity contribution in [3.63, 3.8) is 0 Å². The maximum atomic E-state index is 13.0. The lowest BCUT2D eigenvalue weighted by atomic mass is 9.96. The van der Waals surface area contributed by atoms with Crippen LogP contribution in [0.2, 0.25) is 0 Å². The second-order valence-corrected chi connectivity index (χ2v) is 11.3. The van der Waals surface area contributed by atoms with Crippen molar-refractivity contribution in [2.75, 3.05) is 45.9 Å². The number of piperidine rings is 1. The molecule has 0 atom stereocenters. The molecule has 0 aliphatic carbocycles. The van der Waals surface area contributed by atoms with Gasteiger partial charge in [-0.15, -0.1) is 0 Å². The van der Waals surface area contributed by atoms with Gasteiger partial charge in [-0.3, -0.25) is 4.79 Å². The van der Waals surface area contributed by atoms with Gasteiger partial charge in [0.2, 0.25) is 15.9 Å². The third-order valence-electron chi connectivity index (χ3n) is 5.82. The minimum atomic E-state index is -3.60. The predicted octanol–water partition coefficient (Wildman–Crippen LogP) is 2.57. The number of piperazine rings is 1. The molecular weight excluding hydrogens is 446 g/mol. The van der Waals surface area contributed by atoms with E-state index in [9.17, 15) is 18.0 Å². The van der Waals surface area contributed by atoms with Gasteiger partial charge >= 0.3 is 6.09 Å². The standard InChI is InChI=1S/C23H35N3O6S/c1-5-31-19-6-8-20(9-7-19)33(29,30)26-12-10-18(11-13-26)21(27)24-14-16-25(17-15-24)22(28)32-23(2,3)4/h6-9,18H,5,10-17H2,1-4H3. The van der Waals surface area contributed by atoms with Gasteiger partial charge in [-0.05, 0) is 64.8 Å². The number of amides is 2. The van der Waals surface area contributed by atoms with Gasteiger partial charge in [-0.1, -0.05) is 0 Å². The molecule has 33 heavy (non-hydrogen) atoms. The fourth-order valence-electron chi connectivity index (χ4n) is 4.06. The maximum absolute atomic E-state index is 13.0. The van der Waals surface area contributed by atoms with E-state index in [1.54, 1.807) is 34.1 Å². The molecule has 0 bridgehead atoms. The first kappa shape index (κ1) is 25.3. The minimum absolute atomic E-state index is 0.0388. The first-order chi connectivity index (χ1) is 15.5. The van der Waals surface area contributed by atoms with Crippen LogP contribution in [-0.2, 0) is 19.6 Å². The molecule has 10 heteroatoms. The molecule has 184 valence electrons. The summed E-state index contributed by atoms with van der Waals surface area (Å²) in [5.74, 6) is 0.467. The van der Waals surface area contributed by atoms with Gasteiger partial charge in [0.25, 0.3) is 0 Å². The molecule has 0 radical (unpaired) electrons. The van der Waals surface area contributed by atoms with Gasteiger partial charge in [-0.2, -0.15) is 4.31 Å². The van der Waals surface area contributed by atoms with Gasteiger partial charge in [-0.25, -0.2) is 13.2 Å². The lowest BCUT2D eigenvalue weighted by Gasteiger charge is -2.38. The fourth-order valence-corrected chi connectivity index (χ4v) is 5.53. The Kier molecular flexibility index (Phi) is 7.89. The number of benzene rings is 1. The molecule has 0 aromatic heterocycles. The number of carbonyl (C=O) groups excluding carboxylic acids is 2. The summed E-state index contributed by atoms with van der Waals surface area (Å²) >= 11 is 0. The summed E-state index contributed by atoms with van der Waals surface area (Å²) in [5, 5.41) is 0. The highest BCUT2D eigenvalue weighted by molar-refractivity contribution is 7.89. The molecule has 3 rings (SSSR count). The topological polar surface area (TPSA) is 96.5 Å². The van der Waals surface area contributed by atoms with Crippen LogP contribution < -0.4 is 4.74 Å². The van der Waals surface area contributed by atoms with Crippen LogP contribution >= 0.6 is 0 Å². The molecule has 2 aliphatic rings. The van der Waals surface area contributed by atoms with E-state index >= 15 is 0 Å². The molecule has 2 saturated heterocycles. The summed E-state index contributed by atoms with van der Waals surface area (Å²) in [7, 11) is -3.60. The van der Waals surface area contributed by atoms with E-state index < -0.39 is 15.6 Å². The molecule has 9 nitrogen and oxygen atoms in total. The Morgan fingerprint density at radius 1 is 0.939 bits per heavy atom.